The van der Waals surface area contributed by atoms with Gasteiger partial charge in [-0.15, -0.1) is 0 Å². The molecule has 0 bridgehead atoms. The molecular weight excluding hydrogens is 378 g/mol. The van der Waals surface area contributed by atoms with E-state index >= 15 is 0 Å². The van der Waals surface area contributed by atoms with Crippen LogP contribution in [0.5, 0.6) is 0 Å². The van der Waals surface area contributed by atoms with Crippen molar-refractivity contribution in [2.45, 2.75) is 44.7 Å². The molecule has 0 saturated heterocycles. The standard InChI is InChI=1S/C23H27N5O2/c1-4-22(29)26-17-6-7-18(12-17)28(3)23(30)20-14-24-19(13-25-20)15-5-8-21-16(11-15)9-10-27(21)2/h5,8-11,13-14,17-18H,4,6-7,12H2,1-3H3,(H,26,29)/t17-,18+/m0/s1. The molecule has 4 rings (SSSR count). The summed E-state index contributed by atoms with van der Waals surface area (Å²) in [7, 11) is 3.82. The number of aromatic nitrogens is 3. The molecule has 0 aliphatic heterocycles. The van der Waals surface area contributed by atoms with E-state index in [1.165, 1.54) is 0 Å². The third kappa shape index (κ3) is 3.92. The Bertz CT molecular complexity index is 1070. The minimum atomic E-state index is -0.139. The van der Waals surface area contributed by atoms with E-state index in [-0.39, 0.29) is 23.9 Å². The van der Waals surface area contributed by atoms with Gasteiger partial charge >= 0.3 is 0 Å². The monoisotopic (exact) mass is 405 g/mol. The number of hydrogen-bond acceptors (Lipinski definition) is 4. The number of carbonyl (C=O) groups excluding carboxylic acids is 2. The van der Waals surface area contributed by atoms with Gasteiger partial charge in [-0.3, -0.25) is 14.6 Å². The number of nitrogens with one attached hydrogen (secondary N) is 1. The summed E-state index contributed by atoms with van der Waals surface area (Å²) in [6.45, 7) is 1.84. The summed E-state index contributed by atoms with van der Waals surface area (Å²) in [4.78, 5) is 35.1. The lowest BCUT2D eigenvalue weighted by Gasteiger charge is -2.24. The Morgan fingerprint density at radius 3 is 2.77 bits per heavy atom. The second-order valence-corrected chi connectivity index (χ2v) is 7.99. The van der Waals surface area contributed by atoms with Crippen LogP contribution < -0.4 is 5.32 Å². The van der Waals surface area contributed by atoms with E-state index in [2.05, 4.69) is 38.1 Å². The van der Waals surface area contributed by atoms with Crippen molar-refractivity contribution in [3.63, 3.8) is 0 Å². The van der Waals surface area contributed by atoms with E-state index in [0.717, 1.165) is 41.4 Å². The lowest BCUT2D eigenvalue weighted by molar-refractivity contribution is -0.121. The van der Waals surface area contributed by atoms with Gasteiger partial charge in [-0.05, 0) is 37.5 Å². The number of carbonyl (C=O) groups is 2. The number of nitrogens with zero attached hydrogens (tertiary/aromatic N) is 4. The molecule has 0 spiro atoms. The summed E-state index contributed by atoms with van der Waals surface area (Å²) >= 11 is 0. The van der Waals surface area contributed by atoms with Crippen molar-refractivity contribution in [3.8, 4) is 11.3 Å². The van der Waals surface area contributed by atoms with Crippen LogP contribution in [0.2, 0.25) is 0 Å². The normalized spacial score (nSPS) is 18.5. The molecule has 2 atom stereocenters. The lowest BCUT2D eigenvalue weighted by Crippen LogP contribution is -2.38. The summed E-state index contributed by atoms with van der Waals surface area (Å²) in [6.07, 6.45) is 8.25. The van der Waals surface area contributed by atoms with Crippen molar-refractivity contribution in [1.29, 1.82) is 0 Å². The van der Waals surface area contributed by atoms with Crippen LogP contribution in [0.1, 0.15) is 43.1 Å². The fraction of sp³-hybridized carbons (Fsp3) is 0.391. The van der Waals surface area contributed by atoms with E-state index < -0.39 is 0 Å². The average molecular weight is 406 g/mol. The summed E-state index contributed by atoms with van der Waals surface area (Å²) in [5.41, 5.74) is 3.20. The molecule has 1 aliphatic rings. The quantitative estimate of drug-likeness (QED) is 0.707. The van der Waals surface area contributed by atoms with Gasteiger partial charge in [0.25, 0.3) is 5.91 Å². The first-order valence-electron chi connectivity index (χ1n) is 10.4. The fourth-order valence-electron chi connectivity index (χ4n) is 4.15. The molecule has 1 N–H and O–H groups in total. The Balaban J connectivity index is 1.44. The van der Waals surface area contributed by atoms with E-state index in [1.54, 1.807) is 24.3 Å². The molecule has 2 aromatic heterocycles. The molecule has 1 aromatic carbocycles. The van der Waals surface area contributed by atoms with Crippen LogP contribution in [-0.2, 0) is 11.8 Å². The van der Waals surface area contributed by atoms with Gasteiger partial charge in [0.1, 0.15) is 5.69 Å². The summed E-state index contributed by atoms with van der Waals surface area (Å²) in [5.74, 6) is -0.0789. The van der Waals surface area contributed by atoms with Crippen LogP contribution in [0.15, 0.2) is 42.9 Å². The zero-order valence-electron chi connectivity index (χ0n) is 17.6. The molecule has 1 aliphatic carbocycles. The minimum Gasteiger partial charge on any atom is -0.353 e. The number of rotatable bonds is 5. The number of fused-ring (bicyclic) bond motifs is 1. The molecule has 0 radical (unpaired) electrons. The van der Waals surface area contributed by atoms with Crippen LogP contribution in [-0.4, -0.2) is 50.4 Å². The van der Waals surface area contributed by atoms with Crippen molar-refractivity contribution < 1.29 is 9.59 Å². The molecule has 0 unspecified atom stereocenters. The highest BCUT2D eigenvalue weighted by Gasteiger charge is 2.31. The van der Waals surface area contributed by atoms with Gasteiger partial charge in [0.05, 0.1) is 18.1 Å². The lowest BCUT2D eigenvalue weighted by atomic mass is 10.1. The molecule has 1 saturated carbocycles. The highest BCUT2D eigenvalue weighted by atomic mass is 16.2. The predicted octanol–water partition coefficient (Wildman–Crippen LogP) is 3.15. The fourth-order valence-corrected chi connectivity index (χ4v) is 4.15. The number of amides is 2. The first kappa shape index (κ1) is 20.1. The molecule has 2 heterocycles. The predicted molar refractivity (Wildman–Crippen MR) is 116 cm³/mol. The maximum atomic E-state index is 12.9. The van der Waals surface area contributed by atoms with E-state index in [4.69, 9.17) is 0 Å². The molecule has 2 amide bonds. The molecule has 1 fully saturated rings. The van der Waals surface area contributed by atoms with Gasteiger partial charge in [0, 0.05) is 55.3 Å². The first-order chi connectivity index (χ1) is 14.5. The molecule has 156 valence electrons. The van der Waals surface area contributed by atoms with Crippen molar-refractivity contribution in [2.75, 3.05) is 7.05 Å². The summed E-state index contributed by atoms with van der Waals surface area (Å²) < 4.78 is 2.07. The third-order valence-electron chi connectivity index (χ3n) is 6.01. The van der Waals surface area contributed by atoms with E-state index in [1.807, 2.05) is 26.2 Å². The summed E-state index contributed by atoms with van der Waals surface area (Å²) in [6, 6.07) is 8.46. The Labute approximate surface area is 176 Å². The molecule has 3 aromatic rings. The van der Waals surface area contributed by atoms with E-state index in [0.29, 0.717) is 12.1 Å². The van der Waals surface area contributed by atoms with Gasteiger partial charge in [-0.1, -0.05) is 13.0 Å². The molecule has 30 heavy (non-hydrogen) atoms. The zero-order valence-corrected chi connectivity index (χ0v) is 17.6. The van der Waals surface area contributed by atoms with Gasteiger partial charge < -0.3 is 14.8 Å². The third-order valence-corrected chi connectivity index (χ3v) is 6.01. The second-order valence-electron chi connectivity index (χ2n) is 7.99. The Hall–Kier alpha value is -3.22. The minimum absolute atomic E-state index is 0.0600. The maximum Gasteiger partial charge on any atom is 0.274 e. The largest absolute Gasteiger partial charge is 0.353 e. The number of hydrogen-bond donors (Lipinski definition) is 1. The van der Waals surface area contributed by atoms with Crippen LogP contribution in [0, 0.1) is 0 Å². The Morgan fingerprint density at radius 2 is 2.03 bits per heavy atom. The summed E-state index contributed by atoms with van der Waals surface area (Å²) in [5, 5.41) is 4.17. The van der Waals surface area contributed by atoms with Crippen LogP contribution in [0.3, 0.4) is 0 Å². The van der Waals surface area contributed by atoms with Crippen molar-refractivity contribution in [2.24, 2.45) is 7.05 Å². The second kappa shape index (κ2) is 8.26. The number of aryl methyl sites for hydroxylation is 1. The Morgan fingerprint density at radius 1 is 1.20 bits per heavy atom. The molecule has 7 heteroatoms. The van der Waals surface area contributed by atoms with Crippen molar-refractivity contribution >= 4 is 22.7 Å². The zero-order chi connectivity index (χ0) is 21.3. The van der Waals surface area contributed by atoms with Crippen LogP contribution >= 0.6 is 0 Å². The van der Waals surface area contributed by atoms with Crippen molar-refractivity contribution in [1.82, 2.24) is 24.8 Å². The molecular formula is C23H27N5O2. The van der Waals surface area contributed by atoms with Crippen LogP contribution in [0.25, 0.3) is 22.2 Å². The topological polar surface area (TPSA) is 80.1 Å². The van der Waals surface area contributed by atoms with Gasteiger partial charge in [-0.2, -0.15) is 0 Å². The Kier molecular flexibility index (Phi) is 5.53. The maximum absolute atomic E-state index is 12.9. The SMILES string of the molecule is CCC(=O)N[C@H]1CC[C@@H](N(C)C(=O)c2cnc(-c3ccc4c(ccn4C)c3)cn2)C1. The first-order valence-corrected chi connectivity index (χ1v) is 10.4. The average Bonchev–Trinajstić information content (AvgIpc) is 3.39. The van der Waals surface area contributed by atoms with Gasteiger partial charge in [0.15, 0.2) is 0 Å². The van der Waals surface area contributed by atoms with Crippen LogP contribution in [0.4, 0.5) is 0 Å². The van der Waals surface area contributed by atoms with Gasteiger partial charge in [-0.25, -0.2) is 4.98 Å². The van der Waals surface area contributed by atoms with Crippen molar-refractivity contribution in [3.05, 3.63) is 48.5 Å². The highest BCUT2D eigenvalue weighted by molar-refractivity contribution is 5.92. The number of benzene rings is 1. The smallest absolute Gasteiger partial charge is 0.274 e. The highest BCUT2D eigenvalue weighted by Crippen LogP contribution is 2.25. The van der Waals surface area contributed by atoms with E-state index in [9.17, 15) is 9.59 Å². The molecule has 7 nitrogen and oxygen atoms in total. The van der Waals surface area contributed by atoms with Gasteiger partial charge in [0.2, 0.25) is 5.91 Å².